The minimum absolute atomic E-state index is 0.0977. The van der Waals surface area contributed by atoms with E-state index >= 15 is 0 Å². The molecule has 1 aromatic carbocycles. The lowest BCUT2D eigenvalue weighted by Gasteiger charge is -2.41. The summed E-state index contributed by atoms with van der Waals surface area (Å²) in [5.74, 6) is 2.43. The van der Waals surface area contributed by atoms with Gasteiger partial charge in [0.2, 0.25) is 0 Å². The van der Waals surface area contributed by atoms with Crippen LogP contribution in [-0.2, 0) is 6.42 Å². The Morgan fingerprint density at radius 3 is 2.57 bits per heavy atom. The van der Waals surface area contributed by atoms with Gasteiger partial charge in [-0.1, -0.05) is 38.1 Å². The molecular formula is C20H31N. The largest absolute Gasteiger partial charge is 0.325 e. The van der Waals surface area contributed by atoms with Crippen molar-refractivity contribution in [2.45, 2.75) is 76.7 Å². The molecule has 1 fully saturated rings. The van der Waals surface area contributed by atoms with Gasteiger partial charge < -0.3 is 5.73 Å². The first kappa shape index (κ1) is 15.1. The zero-order chi connectivity index (χ0) is 14.9. The average Bonchev–Trinajstić information content (AvgIpc) is 2.48. The Kier molecular flexibility index (Phi) is 4.40. The van der Waals surface area contributed by atoms with Crippen molar-refractivity contribution in [3.05, 3.63) is 35.4 Å². The average molecular weight is 285 g/mol. The maximum atomic E-state index is 6.81. The van der Waals surface area contributed by atoms with Crippen molar-refractivity contribution < 1.29 is 0 Å². The molecule has 0 amide bonds. The van der Waals surface area contributed by atoms with E-state index in [1.54, 1.807) is 11.1 Å². The molecule has 0 heterocycles. The van der Waals surface area contributed by atoms with Gasteiger partial charge in [0.25, 0.3) is 0 Å². The Hall–Kier alpha value is -0.820. The van der Waals surface area contributed by atoms with Crippen LogP contribution < -0.4 is 5.73 Å². The van der Waals surface area contributed by atoms with Crippen molar-refractivity contribution in [3.8, 4) is 0 Å². The van der Waals surface area contributed by atoms with Crippen molar-refractivity contribution in [3.63, 3.8) is 0 Å². The molecule has 2 aliphatic rings. The summed E-state index contributed by atoms with van der Waals surface area (Å²) in [4.78, 5) is 0. The molecule has 1 nitrogen and oxygen atoms in total. The monoisotopic (exact) mass is 285 g/mol. The molecular weight excluding hydrogens is 254 g/mol. The van der Waals surface area contributed by atoms with Crippen LogP contribution in [0, 0.1) is 11.8 Å². The zero-order valence-corrected chi connectivity index (χ0v) is 13.8. The number of aryl methyl sites for hydroxylation is 1. The van der Waals surface area contributed by atoms with Gasteiger partial charge in [-0.15, -0.1) is 0 Å². The van der Waals surface area contributed by atoms with Crippen LogP contribution in [0.2, 0.25) is 0 Å². The molecule has 3 rings (SSSR count). The molecule has 0 aliphatic heterocycles. The SMILES string of the molecule is CC(C)C1CCC(N)(CC2CCCc3ccccc32)CC1. The summed E-state index contributed by atoms with van der Waals surface area (Å²) in [6, 6.07) is 9.06. The highest BCUT2D eigenvalue weighted by Crippen LogP contribution is 2.42. The van der Waals surface area contributed by atoms with Gasteiger partial charge in [-0.05, 0) is 80.2 Å². The van der Waals surface area contributed by atoms with Crippen LogP contribution in [0.5, 0.6) is 0 Å². The Labute approximate surface area is 130 Å². The Morgan fingerprint density at radius 2 is 1.86 bits per heavy atom. The Balaban J connectivity index is 1.67. The zero-order valence-electron chi connectivity index (χ0n) is 13.8. The van der Waals surface area contributed by atoms with E-state index in [-0.39, 0.29) is 5.54 Å². The van der Waals surface area contributed by atoms with E-state index in [2.05, 4.69) is 38.1 Å². The molecule has 1 atom stereocenters. The van der Waals surface area contributed by atoms with E-state index in [4.69, 9.17) is 5.73 Å². The third-order valence-electron chi connectivity index (χ3n) is 6.12. The smallest absolute Gasteiger partial charge is 0.0160 e. The normalized spacial score (nSPS) is 33.0. The lowest BCUT2D eigenvalue weighted by atomic mass is 9.67. The molecule has 116 valence electrons. The maximum Gasteiger partial charge on any atom is 0.0160 e. The number of fused-ring (bicyclic) bond motifs is 1. The van der Waals surface area contributed by atoms with Crippen LogP contribution in [0.3, 0.4) is 0 Å². The minimum atomic E-state index is 0.0977. The van der Waals surface area contributed by atoms with Gasteiger partial charge in [-0.2, -0.15) is 0 Å². The summed E-state index contributed by atoms with van der Waals surface area (Å²) in [5.41, 5.74) is 10.1. The quantitative estimate of drug-likeness (QED) is 0.827. The second-order valence-corrected chi connectivity index (χ2v) is 7.94. The van der Waals surface area contributed by atoms with Gasteiger partial charge in [0.1, 0.15) is 0 Å². The molecule has 0 spiro atoms. The summed E-state index contributed by atoms with van der Waals surface area (Å²) < 4.78 is 0. The van der Waals surface area contributed by atoms with E-state index in [1.807, 2.05) is 0 Å². The van der Waals surface area contributed by atoms with E-state index in [0.717, 1.165) is 11.8 Å². The minimum Gasteiger partial charge on any atom is -0.325 e. The third kappa shape index (κ3) is 3.34. The predicted molar refractivity (Wildman–Crippen MR) is 90.5 cm³/mol. The molecule has 0 saturated heterocycles. The lowest BCUT2D eigenvalue weighted by Crippen LogP contribution is -2.45. The first-order chi connectivity index (χ1) is 10.1. The van der Waals surface area contributed by atoms with Crippen molar-refractivity contribution in [2.75, 3.05) is 0 Å². The fraction of sp³-hybridized carbons (Fsp3) is 0.700. The van der Waals surface area contributed by atoms with Crippen molar-refractivity contribution in [2.24, 2.45) is 17.6 Å². The van der Waals surface area contributed by atoms with E-state index in [9.17, 15) is 0 Å². The summed E-state index contributed by atoms with van der Waals surface area (Å²) in [6.45, 7) is 4.73. The number of hydrogen-bond donors (Lipinski definition) is 1. The number of rotatable bonds is 3. The highest BCUT2D eigenvalue weighted by atomic mass is 14.7. The first-order valence-corrected chi connectivity index (χ1v) is 8.94. The third-order valence-corrected chi connectivity index (χ3v) is 6.12. The second kappa shape index (κ2) is 6.12. The summed E-state index contributed by atoms with van der Waals surface area (Å²) in [5, 5.41) is 0. The number of hydrogen-bond acceptors (Lipinski definition) is 1. The van der Waals surface area contributed by atoms with Crippen LogP contribution in [0.15, 0.2) is 24.3 Å². The molecule has 0 aromatic heterocycles. The van der Waals surface area contributed by atoms with Crippen molar-refractivity contribution >= 4 is 0 Å². The predicted octanol–water partition coefficient (Wildman–Crippen LogP) is 5.04. The van der Waals surface area contributed by atoms with Gasteiger partial charge in [0.15, 0.2) is 0 Å². The Bertz CT molecular complexity index is 468. The summed E-state index contributed by atoms with van der Waals surface area (Å²) in [6.07, 6.45) is 10.3. The summed E-state index contributed by atoms with van der Waals surface area (Å²) in [7, 11) is 0. The van der Waals surface area contributed by atoms with Crippen LogP contribution >= 0.6 is 0 Å². The van der Waals surface area contributed by atoms with Gasteiger partial charge in [0, 0.05) is 5.54 Å². The van der Waals surface area contributed by atoms with E-state index in [1.165, 1.54) is 51.4 Å². The standard InChI is InChI=1S/C20H31N/c1-15(2)16-10-12-20(21,13-11-16)14-18-8-5-7-17-6-3-4-9-19(17)18/h3-4,6,9,15-16,18H,5,7-8,10-14,21H2,1-2H3. The molecule has 0 radical (unpaired) electrons. The highest BCUT2D eigenvalue weighted by Gasteiger charge is 2.35. The van der Waals surface area contributed by atoms with Gasteiger partial charge in [-0.3, -0.25) is 0 Å². The van der Waals surface area contributed by atoms with Crippen molar-refractivity contribution in [1.29, 1.82) is 0 Å². The molecule has 1 saturated carbocycles. The van der Waals surface area contributed by atoms with Crippen LogP contribution in [-0.4, -0.2) is 5.54 Å². The maximum absolute atomic E-state index is 6.81. The molecule has 2 aliphatic carbocycles. The molecule has 1 unspecified atom stereocenters. The topological polar surface area (TPSA) is 26.0 Å². The van der Waals surface area contributed by atoms with E-state index < -0.39 is 0 Å². The Morgan fingerprint density at radius 1 is 1.14 bits per heavy atom. The van der Waals surface area contributed by atoms with Gasteiger partial charge in [0.05, 0.1) is 0 Å². The van der Waals surface area contributed by atoms with E-state index in [0.29, 0.717) is 5.92 Å². The fourth-order valence-corrected chi connectivity index (χ4v) is 4.64. The number of nitrogens with two attached hydrogens (primary N) is 1. The van der Waals surface area contributed by atoms with Gasteiger partial charge >= 0.3 is 0 Å². The molecule has 1 heteroatoms. The highest BCUT2D eigenvalue weighted by molar-refractivity contribution is 5.33. The van der Waals surface area contributed by atoms with Crippen LogP contribution in [0.25, 0.3) is 0 Å². The summed E-state index contributed by atoms with van der Waals surface area (Å²) >= 11 is 0. The fourth-order valence-electron chi connectivity index (χ4n) is 4.64. The lowest BCUT2D eigenvalue weighted by molar-refractivity contribution is 0.176. The second-order valence-electron chi connectivity index (χ2n) is 7.94. The molecule has 2 N–H and O–H groups in total. The molecule has 21 heavy (non-hydrogen) atoms. The van der Waals surface area contributed by atoms with Crippen molar-refractivity contribution in [1.82, 2.24) is 0 Å². The first-order valence-electron chi connectivity index (χ1n) is 8.94. The van der Waals surface area contributed by atoms with Gasteiger partial charge in [-0.25, -0.2) is 0 Å². The van der Waals surface area contributed by atoms with Crippen LogP contribution in [0.1, 0.15) is 75.8 Å². The molecule has 0 bridgehead atoms. The number of benzene rings is 1. The van der Waals surface area contributed by atoms with Crippen LogP contribution in [0.4, 0.5) is 0 Å². The molecule has 1 aromatic rings.